The highest BCUT2D eigenvalue weighted by molar-refractivity contribution is 5.79. The number of aromatic nitrogens is 5. The number of aromatic amines is 1. The lowest BCUT2D eigenvalue weighted by Gasteiger charge is -2.34. The Labute approximate surface area is 204 Å². The van der Waals surface area contributed by atoms with Crippen molar-refractivity contribution in [3.8, 4) is 0 Å². The maximum atomic E-state index is 13.0. The molecule has 3 heterocycles. The highest BCUT2D eigenvalue weighted by atomic mass is 16.5. The van der Waals surface area contributed by atoms with Crippen LogP contribution in [0.4, 0.5) is 0 Å². The fraction of sp³-hybridized carbons (Fsp3) is 0.560. The van der Waals surface area contributed by atoms with Gasteiger partial charge in [0.2, 0.25) is 0 Å². The van der Waals surface area contributed by atoms with Crippen LogP contribution >= 0.6 is 0 Å². The maximum Gasteiger partial charge on any atom is 0.327 e. The Balaban J connectivity index is 1.70. The Bertz CT molecular complexity index is 1210. The minimum absolute atomic E-state index is 0.0624. The lowest BCUT2D eigenvalue weighted by atomic mass is 9.99. The van der Waals surface area contributed by atoms with Gasteiger partial charge in [0.1, 0.15) is 6.54 Å². The first-order valence-electron chi connectivity index (χ1n) is 12.3. The zero-order chi connectivity index (χ0) is 24.9. The molecular weight excluding hydrogens is 448 g/mol. The van der Waals surface area contributed by atoms with Gasteiger partial charge >= 0.3 is 5.97 Å². The molecule has 0 bridgehead atoms. The zero-order valence-corrected chi connectivity index (χ0v) is 20.9. The minimum atomic E-state index is -0.393. The summed E-state index contributed by atoms with van der Waals surface area (Å²) in [5.41, 5.74) is 2.49. The molecule has 4 rings (SSSR count). The Kier molecular flexibility index (Phi) is 7.92. The molecule has 3 aromatic rings. The predicted octanol–water partition coefficient (Wildman–Crippen LogP) is 2.76. The molecule has 1 fully saturated rings. The number of benzene rings is 1. The fourth-order valence-electron chi connectivity index (χ4n) is 4.78. The molecule has 2 aromatic heterocycles. The molecule has 1 aliphatic heterocycles. The van der Waals surface area contributed by atoms with Crippen LogP contribution in [-0.2, 0) is 27.4 Å². The van der Waals surface area contributed by atoms with Gasteiger partial charge in [0.15, 0.2) is 5.82 Å². The molecule has 1 aliphatic rings. The number of aryl methyl sites for hydroxylation is 1. The summed E-state index contributed by atoms with van der Waals surface area (Å²) >= 11 is 0. The molecule has 0 unspecified atom stereocenters. The topological polar surface area (TPSA) is 115 Å². The van der Waals surface area contributed by atoms with Gasteiger partial charge in [0.25, 0.3) is 5.56 Å². The number of pyridine rings is 1. The molecule has 188 valence electrons. The van der Waals surface area contributed by atoms with Gasteiger partial charge in [-0.2, -0.15) is 0 Å². The zero-order valence-electron chi connectivity index (χ0n) is 20.9. The van der Waals surface area contributed by atoms with Gasteiger partial charge in [-0.05, 0) is 66.6 Å². The quantitative estimate of drug-likeness (QED) is 0.439. The van der Waals surface area contributed by atoms with Crippen molar-refractivity contribution in [2.24, 2.45) is 5.92 Å². The van der Waals surface area contributed by atoms with Crippen LogP contribution in [-0.4, -0.2) is 61.9 Å². The number of carbonyl (C=O) groups excluding carboxylic acids is 1. The summed E-state index contributed by atoms with van der Waals surface area (Å²) in [5.74, 6) is 0.278. The average Bonchev–Trinajstić information content (AvgIpc) is 3.47. The summed E-state index contributed by atoms with van der Waals surface area (Å²) in [6.45, 7) is 9.96. The van der Waals surface area contributed by atoms with E-state index in [0.717, 1.165) is 35.9 Å². The van der Waals surface area contributed by atoms with E-state index in [9.17, 15) is 9.59 Å². The van der Waals surface area contributed by atoms with E-state index in [0.29, 0.717) is 31.1 Å². The molecule has 1 N–H and O–H groups in total. The number of tetrazole rings is 1. The first kappa shape index (κ1) is 25.0. The van der Waals surface area contributed by atoms with Crippen molar-refractivity contribution in [1.82, 2.24) is 30.1 Å². The number of hydrogen-bond acceptors (Lipinski definition) is 8. The summed E-state index contributed by atoms with van der Waals surface area (Å²) < 4.78 is 12.6. The van der Waals surface area contributed by atoms with Crippen LogP contribution in [0.2, 0.25) is 0 Å². The van der Waals surface area contributed by atoms with Crippen LogP contribution in [0, 0.1) is 12.8 Å². The van der Waals surface area contributed by atoms with Crippen LogP contribution in [0.5, 0.6) is 0 Å². The molecule has 10 nitrogen and oxygen atoms in total. The standard InChI is InChI=1S/C25H34N6O4/c1-5-34-22(32)15-31-24(27-28-29-31)23(16(2)3)30(14-20-7-6-10-35-20)13-19-12-18-11-17(4)8-9-21(18)26-25(19)33/h8-9,11-12,16,20,23H,5-7,10,13-15H2,1-4H3,(H,26,33)/t20-,23-/m0/s1. The van der Waals surface area contributed by atoms with Gasteiger partial charge < -0.3 is 14.5 Å². The lowest BCUT2D eigenvalue weighted by Crippen LogP contribution is -2.40. The molecule has 2 atom stereocenters. The average molecular weight is 483 g/mol. The third-order valence-corrected chi connectivity index (χ3v) is 6.35. The van der Waals surface area contributed by atoms with Gasteiger partial charge in [-0.25, -0.2) is 4.68 Å². The molecule has 1 saturated heterocycles. The van der Waals surface area contributed by atoms with E-state index >= 15 is 0 Å². The second kappa shape index (κ2) is 11.1. The highest BCUT2D eigenvalue weighted by Gasteiger charge is 2.33. The number of H-pyrrole nitrogens is 1. The van der Waals surface area contributed by atoms with E-state index < -0.39 is 5.97 Å². The third kappa shape index (κ3) is 5.94. The molecular formula is C25H34N6O4. The van der Waals surface area contributed by atoms with Crippen molar-refractivity contribution in [1.29, 1.82) is 0 Å². The Morgan fingerprint density at radius 1 is 1.34 bits per heavy atom. The van der Waals surface area contributed by atoms with E-state index in [1.165, 1.54) is 4.68 Å². The van der Waals surface area contributed by atoms with E-state index in [2.05, 4.69) is 45.3 Å². The van der Waals surface area contributed by atoms with Crippen LogP contribution in [0.1, 0.15) is 56.6 Å². The number of fused-ring (bicyclic) bond motifs is 1. The van der Waals surface area contributed by atoms with Gasteiger partial charge in [0, 0.05) is 30.8 Å². The molecule has 1 aromatic carbocycles. The number of nitrogens with zero attached hydrogens (tertiary/aromatic N) is 5. The van der Waals surface area contributed by atoms with Crippen LogP contribution < -0.4 is 5.56 Å². The van der Waals surface area contributed by atoms with Crippen LogP contribution in [0.3, 0.4) is 0 Å². The van der Waals surface area contributed by atoms with Crippen molar-refractivity contribution in [3.05, 3.63) is 51.6 Å². The number of esters is 1. The summed E-state index contributed by atoms with van der Waals surface area (Å²) in [6.07, 6.45) is 2.04. The summed E-state index contributed by atoms with van der Waals surface area (Å²) in [4.78, 5) is 30.4. The SMILES string of the molecule is CCOC(=O)Cn1nnnc1[C@H](C(C)C)N(Cc1cc2cc(C)ccc2[nH]c1=O)C[C@@H]1CCCO1. The third-order valence-electron chi connectivity index (χ3n) is 6.35. The van der Waals surface area contributed by atoms with E-state index in [4.69, 9.17) is 9.47 Å². The largest absolute Gasteiger partial charge is 0.465 e. The number of ether oxygens (including phenoxy) is 2. The Hall–Kier alpha value is -3.11. The van der Waals surface area contributed by atoms with Gasteiger partial charge in [-0.3, -0.25) is 14.5 Å². The van der Waals surface area contributed by atoms with Crippen molar-refractivity contribution < 1.29 is 14.3 Å². The maximum absolute atomic E-state index is 13.0. The van der Waals surface area contributed by atoms with E-state index in [1.54, 1.807) is 6.92 Å². The normalized spacial score (nSPS) is 16.9. The first-order chi connectivity index (χ1) is 16.9. The van der Waals surface area contributed by atoms with Crippen molar-refractivity contribution in [3.63, 3.8) is 0 Å². The van der Waals surface area contributed by atoms with Gasteiger partial charge in [0.05, 0.1) is 18.8 Å². The van der Waals surface area contributed by atoms with E-state index in [-0.39, 0.29) is 30.2 Å². The second-order valence-corrected chi connectivity index (χ2v) is 9.47. The summed E-state index contributed by atoms with van der Waals surface area (Å²) in [6, 6.07) is 7.71. The van der Waals surface area contributed by atoms with Crippen molar-refractivity contribution in [2.75, 3.05) is 19.8 Å². The monoisotopic (exact) mass is 482 g/mol. The summed E-state index contributed by atoms with van der Waals surface area (Å²) in [7, 11) is 0. The molecule has 0 aliphatic carbocycles. The molecule has 0 radical (unpaired) electrons. The van der Waals surface area contributed by atoms with Gasteiger partial charge in [-0.15, -0.1) is 5.10 Å². The van der Waals surface area contributed by atoms with Crippen molar-refractivity contribution in [2.45, 2.75) is 65.8 Å². The number of nitrogens with one attached hydrogen (secondary N) is 1. The fourth-order valence-corrected chi connectivity index (χ4v) is 4.78. The Morgan fingerprint density at radius 3 is 2.89 bits per heavy atom. The highest BCUT2D eigenvalue weighted by Crippen LogP contribution is 2.30. The van der Waals surface area contributed by atoms with Crippen LogP contribution in [0.15, 0.2) is 29.1 Å². The molecule has 0 spiro atoms. The first-order valence-corrected chi connectivity index (χ1v) is 12.3. The summed E-state index contributed by atoms with van der Waals surface area (Å²) in [5, 5.41) is 13.2. The molecule has 35 heavy (non-hydrogen) atoms. The number of hydrogen-bond donors (Lipinski definition) is 1. The van der Waals surface area contributed by atoms with Crippen molar-refractivity contribution >= 4 is 16.9 Å². The van der Waals surface area contributed by atoms with E-state index in [1.807, 2.05) is 25.1 Å². The minimum Gasteiger partial charge on any atom is -0.465 e. The second-order valence-electron chi connectivity index (χ2n) is 9.47. The molecule has 0 amide bonds. The Morgan fingerprint density at radius 2 is 2.17 bits per heavy atom. The number of carbonyl (C=O) groups is 1. The lowest BCUT2D eigenvalue weighted by molar-refractivity contribution is -0.144. The van der Waals surface area contributed by atoms with Crippen LogP contribution in [0.25, 0.3) is 10.9 Å². The van der Waals surface area contributed by atoms with Gasteiger partial charge in [-0.1, -0.05) is 25.5 Å². The molecule has 10 heteroatoms. The number of rotatable bonds is 10. The predicted molar refractivity (Wildman–Crippen MR) is 131 cm³/mol. The molecule has 0 saturated carbocycles. The smallest absolute Gasteiger partial charge is 0.327 e.